The van der Waals surface area contributed by atoms with Gasteiger partial charge in [0.1, 0.15) is 42.0 Å². The summed E-state index contributed by atoms with van der Waals surface area (Å²) in [5.41, 5.74) is 4.03. The number of phosphoric ester groups is 3. The number of carbonyl (C=O) groups is 3. The minimum Gasteiger partial charge on any atom is -0.790 e. The van der Waals surface area contributed by atoms with Gasteiger partial charge in [-0.15, -0.1) is 0 Å². The van der Waals surface area contributed by atoms with E-state index in [-0.39, 0.29) is 48.7 Å². The van der Waals surface area contributed by atoms with Crippen molar-refractivity contribution >= 4 is 58.0 Å². The second-order valence-electron chi connectivity index (χ2n) is 12.7. The van der Waals surface area contributed by atoms with E-state index in [1.165, 1.54) is 20.8 Å². The molecule has 25 nitrogen and oxygen atoms in total. The summed E-state index contributed by atoms with van der Waals surface area (Å²) >= 11 is 0. The predicted octanol–water partition coefficient (Wildman–Crippen LogP) is -4.15. The number of amides is 2. The van der Waals surface area contributed by atoms with Crippen LogP contribution in [0.2, 0.25) is 0 Å². The summed E-state index contributed by atoms with van der Waals surface area (Å²) in [7, 11) is -17.6. The maximum Gasteiger partial charge on any atom is 0.274 e. The van der Waals surface area contributed by atoms with Crippen LogP contribution >= 0.6 is 23.5 Å². The first-order valence-electron chi connectivity index (χ1n) is 15.9. The van der Waals surface area contributed by atoms with Crippen LogP contribution in [0.4, 0.5) is 5.82 Å². The molecule has 1 aliphatic heterocycles. The van der Waals surface area contributed by atoms with Crippen molar-refractivity contribution in [3.8, 4) is 0 Å². The van der Waals surface area contributed by atoms with Crippen LogP contribution in [0.3, 0.4) is 0 Å². The van der Waals surface area contributed by atoms with Gasteiger partial charge in [-0.3, -0.25) is 28.1 Å². The van der Waals surface area contributed by atoms with Crippen molar-refractivity contribution in [3.63, 3.8) is 0 Å². The van der Waals surface area contributed by atoms with Crippen LogP contribution in [-0.2, 0) is 50.7 Å². The normalized spacial score (nSPS) is 23.2. The number of aromatic nitrogens is 4. The summed E-state index contributed by atoms with van der Waals surface area (Å²) in [6.45, 7) is 2.78. The summed E-state index contributed by atoms with van der Waals surface area (Å²) < 4.78 is 60.3. The van der Waals surface area contributed by atoms with Crippen molar-refractivity contribution in [2.75, 3.05) is 32.0 Å². The number of Topliss-reactive ketones (excluding diaryl/α,β-unsaturated/α-hetero) is 1. The number of rotatable bonds is 21. The molecule has 1 fully saturated rings. The number of nitrogen functional groups attached to an aromatic ring is 1. The van der Waals surface area contributed by atoms with Gasteiger partial charge < -0.3 is 74.1 Å². The van der Waals surface area contributed by atoms with Gasteiger partial charge in [-0.25, -0.2) is 19.3 Å². The average Bonchev–Trinajstić information content (AvgIpc) is 3.62. The molecule has 28 heteroatoms. The number of carbonyl (C=O) groups excluding carboxylic acids is 3. The molecule has 0 saturated carbocycles. The van der Waals surface area contributed by atoms with Gasteiger partial charge in [-0.05, 0) is 6.92 Å². The Balaban J connectivity index is 1.52. The number of ether oxygens (including phenoxy) is 1. The fourth-order valence-electron chi connectivity index (χ4n) is 4.74. The van der Waals surface area contributed by atoms with Crippen LogP contribution in [0.25, 0.3) is 11.2 Å². The SMILES string of the molecule is CC(O)C(C)C(=O)CCNC(=O)CCNC(=O)C(O)C(C)(C)COP(=O)([O-])OP(=O)([O-])OCC1OC(n2cnc3c(N)ncnc32)C(O)C1OP(=O)([O-])[O-]. The summed E-state index contributed by atoms with van der Waals surface area (Å²) in [5.74, 6) is -2.55. The Labute approximate surface area is 307 Å². The van der Waals surface area contributed by atoms with Crippen molar-refractivity contribution in [2.45, 2.75) is 77.3 Å². The van der Waals surface area contributed by atoms with Crippen LogP contribution in [-0.4, -0.2) is 109 Å². The second-order valence-corrected chi connectivity index (χ2v) is 16.8. The predicted molar refractivity (Wildman–Crippen MR) is 171 cm³/mol. The van der Waals surface area contributed by atoms with Crippen molar-refractivity contribution in [1.29, 1.82) is 0 Å². The highest BCUT2D eigenvalue weighted by molar-refractivity contribution is 7.59. The molecule has 306 valence electrons. The number of nitrogens with two attached hydrogens (primary N) is 1. The molecule has 0 aromatic carbocycles. The summed E-state index contributed by atoms with van der Waals surface area (Å²) in [4.78, 5) is 95.7. The minimum absolute atomic E-state index is 0.0103. The van der Waals surface area contributed by atoms with Crippen molar-refractivity contribution in [1.82, 2.24) is 30.2 Å². The lowest BCUT2D eigenvalue weighted by atomic mass is 9.87. The zero-order valence-corrected chi connectivity index (χ0v) is 31.8. The molecule has 0 bridgehead atoms. The van der Waals surface area contributed by atoms with Crippen LogP contribution in [0.1, 0.15) is 46.8 Å². The molecule has 1 aliphatic rings. The third kappa shape index (κ3) is 12.9. The van der Waals surface area contributed by atoms with Crippen LogP contribution in [0.15, 0.2) is 12.7 Å². The Morgan fingerprint density at radius 2 is 1.65 bits per heavy atom. The number of aliphatic hydroxyl groups is 3. The van der Waals surface area contributed by atoms with Gasteiger partial charge in [-0.2, -0.15) is 0 Å². The number of anilines is 1. The molecule has 2 aromatic heterocycles. The van der Waals surface area contributed by atoms with Gasteiger partial charge in [0.15, 0.2) is 17.7 Å². The monoisotopic (exact) mass is 831 g/mol. The number of aliphatic hydroxyl groups excluding tert-OH is 3. The molecule has 0 radical (unpaired) electrons. The average molecular weight is 832 g/mol. The molecule has 3 heterocycles. The van der Waals surface area contributed by atoms with Gasteiger partial charge in [0.25, 0.3) is 15.6 Å². The van der Waals surface area contributed by atoms with E-state index < -0.39 is 96.6 Å². The van der Waals surface area contributed by atoms with E-state index >= 15 is 0 Å². The lowest BCUT2D eigenvalue weighted by molar-refractivity contribution is -0.347. The first kappa shape index (κ1) is 45.6. The molecule has 2 amide bonds. The molecular formula is C26H40N7O18P3-4. The Kier molecular flexibility index (Phi) is 15.5. The number of nitrogens with zero attached hydrogens (tertiary/aromatic N) is 4. The molecule has 0 spiro atoms. The van der Waals surface area contributed by atoms with E-state index in [2.05, 4.69) is 43.5 Å². The topological polar surface area (TPSA) is 395 Å². The zero-order valence-electron chi connectivity index (χ0n) is 29.1. The Hall–Kier alpha value is -2.83. The highest BCUT2D eigenvalue weighted by Crippen LogP contribution is 2.56. The number of fused-ring (bicyclic) bond motifs is 1. The van der Waals surface area contributed by atoms with E-state index in [1.807, 2.05) is 0 Å². The molecule has 1 saturated heterocycles. The van der Waals surface area contributed by atoms with E-state index in [0.29, 0.717) is 0 Å². The molecule has 0 aliphatic carbocycles. The maximum atomic E-state index is 12.5. The molecule has 7 N–H and O–H groups in total. The number of hydrogen-bond acceptors (Lipinski definition) is 22. The Bertz CT molecular complexity index is 1790. The number of ketones is 1. The number of nitrogens with one attached hydrogen (secondary N) is 2. The largest absolute Gasteiger partial charge is 0.790 e. The van der Waals surface area contributed by atoms with Crippen molar-refractivity contribution < 1.29 is 85.6 Å². The highest BCUT2D eigenvalue weighted by Gasteiger charge is 2.47. The summed E-state index contributed by atoms with van der Waals surface area (Å²) in [6.07, 6.45) is -8.59. The molecule has 9 unspecified atom stereocenters. The van der Waals surface area contributed by atoms with Crippen molar-refractivity contribution in [2.24, 2.45) is 11.3 Å². The smallest absolute Gasteiger partial charge is 0.274 e. The molecule has 2 aromatic rings. The highest BCUT2D eigenvalue weighted by atomic mass is 31.3. The first-order chi connectivity index (χ1) is 24.8. The third-order valence-corrected chi connectivity index (χ3v) is 11.0. The van der Waals surface area contributed by atoms with Crippen LogP contribution < -0.4 is 35.9 Å². The van der Waals surface area contributed by atoms with Crippen LogP contribution in [0, 0.1) is 11.3 Å². The van der Waals surface area contributed by atoms with Crippen molar-refractivity contribution in [3.05, 3.63) is 12.7 Å². The van der Waals surface area contributed by atoms with Gasteiger partial charge in [-0.1, -0.05) is 20.8 Å². The molecular weight excluding hydrogens is 791 g/mol. The maximum absolute atomic E-state index is 12.5. The zero-order chi connectivity index (χ0) is 40.8. The lowest BCUT2D eigenvalue weighted by Gasteiger charge is -2.36. The van der Waals surface area contributed by atoms with E-state index in [9.17, 15) is 63.0 Å². The first-order valence-corrected chi connectivity index (χ1v) is 20.2. The second kappa shape index (κ2) is 18.4. The van der Waals surface area contributed by atoms with E-state index in [0.717, 1.165) is 17.2 Å². The van der Waals surface area contributed by atoms with E-state index in [1.54, 1.807) is 6.92 Å². The fraction of sp³-hybridized carbons (Fsp3) is 0.692. The van der Waals surface area contributed by atoms with Gasteiger partial charge in [0, 0.05) is 37.3 Å². The minimum atomic E-state index is -5.92. The Morgan fingerprint density at radius 1 is 1.02 bits per heavy atom. The fourth-order valence-corrected chi connectivity index (χ4v) is 7.47. The molecule has 3 rings (SSSR count). The quantitative estimate of drug-likeness (QED) is 0.0650. The van der Waals surface area contributed by atoms with Gasteiger partial charge in [0.05, 0.1) is 33.5 Å². The van der Waals surface area contributed by atoms with Gasteiger partial charge >= 0.3 is 0 Å². The number of hydrogen-bond donors (Lipinski definition) is 6. The Morgan fingerprint density at radius 3 is 2.28 bits per heavy atom. The van der Waals surface area contributed by atoms with Gasteiger partial charge in [0.2, 0.25) is 11.8 Å². The summed E-state index contributed by atoms with van der Waals surface area (Å²) in [6, 6.07) is 0. The van der Waals surface area contributed by atoms with E-state index in [4.69, 9.17) is 10.5 Å². The summed E-state index contributed by atoms with van der Waals surface area (Å²) in [5, 5.41) is 35.4. The third-order valence-electron chi connectivity index (χ3n) is 7.98. The standard InChI is InChI=1S/C26H44N7O18P3/c1-13(14(2)34)15(35)5-7-28-17(36)6-8-29-24(39)21(38)26(3,4)10-48-54(45,46)51-53(43,44)47-9-16-20(50-52(40,41)42)19(37)25(49-16)33-12-32-18-22(27)30-11-31-23(18)33/h11-14,16,19-21,25,34,37-38H,5-10H2,1-4H3,(H,28,36)(H,29,39)(H,43,44)(H,45,46)(H2,27,30,31)(H2,40,41,42)/p-4. The number of imidazole rings is 1. The number of phosphoric acid groups is 3. The molecule has 54 heavy (non-hydrogen) atoms. The lowest BCUT2D eigenvalue weighted by Crippen LogP contribution is -2.46. The van der Waals surface area contributed by atoms with Crippen LogP contribution in [0.5, 0.6) is 0 Å². The molecule has 9 atom stereocenters.